The third-order valence-corrected chi connectivity index (χ3v) is 0.770. The zero-order chi connectivity index (χ0) is 5.70. The minimum Gasteiger partial charge on any atom is -0.376 e. The molecular formula is C5H12NP. The van der Waals surface area contributed by atoms with Crippen LogP contribution >= 0.6 is 9.39 Å². The van der Waals surface area contributed by atoms with E-state index in [9.17, 15) is 0 Å². The Morgan fingerprint density at radius 3 is 2.29 bits per heavy atom. The average molecular weight is 117 g/mol. The first-order chi connectivity index (χ1) is 3.27. The number of hydrogen-bond donors (Lipinski definition) is 1. The monoisotopic (exact) mass is 117 g/mol. The SMILES string of the molecule is CC(C)/C=C\NP. The molecule has 0 aliphatic rings. The molecule has 0 aliphatic carbocycles. The normalized spacial score (nSPS) is 10.9. The molecule has 1 unspecified atom stereocenters. The van der Waals surface area contributed by atoms with Crippen LogP contribution in [0.15, 0.2) is 12.3 Å². The van der Waals surface area contributed by atoms with Crippen LogP contribution in [0, 0.1) is 5.92 Å². The highest BCUT2D eigenvalue weighted by Crippen LogP contribution is 1.90. The van der Waals surface area contributed by atoms with Crippen LogP contribution in [-0.2, 0) is 0 Å². The summed E-state index contributed by atoms with van der Waals surface area (Å²) in [5.41, 5.74) is 0. The molecule has 0 fully saturated rings. The molecule has 7 heavy (non-hydrogen) atoms. The number of rotatable bonds is 2. The molecule has 0 aromatic carbocycles. The molecule has 0 heterocycles. The van der Waals surface area contributed by atoms with E-state index >= 15 is 0 Å². The molecule has 0 bridgehead atoms. The van der Waals surface area contributed by atoms with Crippen LogP contribution in [0.25, 0.3) is 0 Å². The quantitative estimate of drug-likeness (QED) is 0.541. The molecular weight excluding hydrogens is 105 g/mol. The maximum Gasteiger partial charge on any atom is -0.00451 e. The second kappa shape index (κ2) is 4.14. The average Bonchev–Trinajstić information content (AvgIpc) is 1.61. The van der Waals surface area contributed by atoms with Gasteiger partial charge in [0, 0.05) is 0 Å². The molecule has 0 aromatic heterocycles. The van der Waals surface area contributed by atoms with Crippen LogP contribution < -0.4 is 5.09 Å². The Morgan fingerprint density at radius 2 is 2.14 bits per heavy atom. The van der Waals surface area contributed by atoms with Gasteiger partial charge in [-0.15, -0.1) is 0 Å². The molecule has 2 heteroatoms. The highest BCUT2D eigenvalue weighted by Gasteiger charge is 1.78. The smallest absolute Gasteiger partial charge is 0.00451 e. The maximum atomic E-state index is 2.84. The van der Waals surface area contributed by atoms with Crippen LogP contribution in [0.4, 0.5) is 0 Å². The van der Waals surface area contributed by atoms with Crippen molar-refractivity contribution in [3.8, 4) is 0 Å². The molecule has 1 N–H and O–H groups in total. The van der Waals surface area contributed by atoms with Crippen molar-refractivity contribution in [1.29, 1.82) is 0 Å². The summed E-state index contributed by atoms with van der Waals surface area (Å²) in [4.78, 5) is 0. The van der Waals surface area contributed by atoms with E-state index in [1.165, 1.54) is 0 Å². The fourth-order valence-corrected chi connectivity index (χ4v) is 0.359. The number of nitrogens with one attached hydrogen (secondary N) is 1. The van der Waals surface area contributed by atoms with E-state index in [2.05, 4.69) is 34.4 Å². The number of hydrogen-bond acceptors (Lipinski definition) is 1. The van der Waals surface area contributed by atoms with Crippen molar-refractivity contribution in [2.75, 3.05) is 0 Å². The Labute approximate surface area is 47.4 Å². The molecule has 0 saturated heterocycles. The summed E-state index contributed by atoms with van der Waals surface area (Å²) in [6.45, 7) is 4.27. The molecule has 0 amide bonds. The summed E-state index contributed by atoms with van der Waals surface area (Å²) < 4.78 is 0. The predicted molar refractivity (Wildman–Crippen MR) is 36.8 cm³/mol. The van der Waals surface area contributed by atoms with Crippen molar-refractivity contribution in [1.82, 2.24) is 5.09 Å². The third kappa shape index (κ3) is 5.97. The lowest BCUT2D eigenvalue weighted by atomic mass is 10.2. The molecule has 1 atom stereocenters. The number of allylic oxidation sites excluding steroid dienone is 1. The summed E-state index contributed by atoms with van der Waals surface area (Å²) in [6, 6.07) is 0. The van der Waals surface area contributed by atoms with Gasteiger partial charge in [0.1, 0.15) is 0 Å². The van der Waals surface area contributed by atoms with Gasteiger partial charge in [-0.1, -0.05) is 19.9 Å². The Morgan fingerprint density at radius 1 is 1.57 bits per heavy atom. The van der Waals surface area contributed by atoms with Crippen molar-refractivity contribution in [2.45, 2.75) is 13.8 Å². The predicted octanol–water partition coefficient (Wildman–Crippen LogP) is 1.54. The van der Waals surface area contributed by atoms with Crippen LogP contribution in [0.1, 0.15) is 13.8 Å². The molecule has 0 rings (SSSR count). The first kappa shape index (κ1) is 6.97. The molecule has 0 spiro atoms. The Bertz CT molecular complexity index is 59.1. The van der Waals surface area contributed by atoms with Gasteiger partial charge in [-0.3, -0.25) is 0 Å². The van der Waals surface area contributed by atoms with Gasteiger partial charge in [0.05, 0.1) is 0 Å². The molecule has 1 nitrogen and oxygen atoms in total. The summed E-state index contributed by atoms with van der Waals surface area (Å²) in [5, 5.41) is 2.84. The van der Waals surface area contributed by atoms with Gasteiger partial charge in [0.2, 0.25) is 0 Å². The van der Waals surface area contributed by atoms with Gasteiger partial charge in [0.15, 0.2) is 0 Å². The zero-order valence-electron chi connectivity index (χ0n) is 4.81. The van der Waals surface area contributed by atoms with Crippen molar-refractivity contribution < 1.29 is 0 Å². The topological polar surface area (TPSA) is 12.0 Å². The van der Waals surface area contributed by atoms with Crippen molar-refractivity contribution in [3.05, 3.63) is 12.3 Å². The van der Waals surface area contributed by atoms with Crippen molar-refractivity contribution in [2.24, 2.45) is 5.92 Å². The summed E-state index contributed by atoms with van der Waals surface area (Å²) in [7, 11) is 2.41. The first-order valence-electron chi connectivity index (χ1n) is 2.40. The Balaban J connectivity index is 3.08. The molecule has 42 valence electrons. The first-order valence-corrected chi connectivity index (χ1v) is 2.98. The van der Waals surface area contributed by atoms with Crippen molar-refractivity contribution >= 4 is 9.39 Å². The lowest BCUT2D eigenvalue weighted by Gasteiger charge is -1.90. The van der Waals surface area contributed by atoms with Crippen LogP contribution in [-0.4, -0.2) is 0 Å². The van der Waals surface area contributed by atoms with Crippen LogP contribution in [0.2, 0.25) is 0 Å². The largest absolute Gasteiger partial charge is 0.376 e. The third-order valence-electron chi connectivity index (χ3n) is 0.577. The van der Waals surface area contributed by atoms with Crippen molar-refractivity contribution in [3.63, 3.8) is 0 Å². The summed E-state index contributed by atoms with van der Waals surface area (Å²) in [6.07, 6.45) is 4.00. The highest BCUT2D eigenvalue weighted by atomic mass is 31.0. The Kier molecular flexibility index (Phi) is 4.12. The van der Waals surface area contributed by atoms with Crippen LogP contribution in [0.3, 0.4) is 0 Å². The zero-order valence-corrected chi connectivity index (χ0v) is 5.96. The Hall–Kier alpha value is -0.0300. The summed E-state index contributed by atoms with van der Waals surface area (Å²) in [5.74, 6) is 0.646. The van der Waals surface area contributed by atoms with Gasteiger partial charge in [0.25, 0.3) is 0 Å². The fourth-order valence-electron chi connectivity index (χ4n) is 0.248. The van der Waals surface area contributed by atoms with Gasteiger partial charge in [-0.2, -0.15) is 0 Å². The second-order valence-corrected chi connectivity index (χ2v) is 2.10. The van der Waals surface area contributed by atoms with Gasteiger partial charge >= 0.3 is 0 Å². The van der Waals surface area contributed by atoms with E-state index < -0.39 is 0 Å². The second-order valence-electron chi connectivity index (χ2n) is 1.77. The van der Waals surface area contributed by atoms with Gasteiger partial charge < -0.3 is 5.09 Å². The highest BCUT2D eigenvalue weighted by molar-refractivity contribution is 7.13. The fraction of sp³-hybridized carbons (Fsp3) is 0.600. The van der Waals surface area contributed by atoms with Crippen LogP contribution in [0.5, 0.6) is 0 Å². The standard InChI is InChI=1S/C5H12NP/c1-5(2)3-4-6-7/h3-6H,7H2,1-2H3/b4-3-. The van der Waals surface area contributed by atoms with Gasteiger partial charge in [-0.25, -0.2) is 0 Å². The van der Waals surface area contributed by atoms with E-state index in [-0.39, 0.29) is 0 Å². The van der Waals surface area contributed by atoms with E-state index in [1.54, 1.807) is 0 Å². The maximum absolute atomic E-state index is 2.84. The molecule has 0 radical (unpaired) electrons. The molecule has 0 aliphatic heterocycles. The lowest BCUT2D eigenvalue weighted by molar-refractivity contribution is 0.827. The molecule has 0 aromatic rings. The van der Waals surface area contributed by atoms with E-state index in [0.717, 1.165) is 0 Å². The van der Waals surface area contributed by atoms with Gasteiger partial charge in [-0.05, 0) is 21.5 Å². The van der Waals surface area contributed by atoms with E-state index in [1.807, 2.05) is 6.20 Å². The molecule has 0 saturated carbocycles. The van der Waals surface area contributed by atoms with E-state index in [0.29, 0.717) is 5.92 Å². The minimum absolute atomic E-state index is 0.646. The van der Waals surface area contributed by atoms with E-state index in [4.69, 9.17) is 0 Å². The minimum atomic E-state index is 0.646. The lowest BCUT2D eigenvalue weighted by Crippen LogP contribution is -1.83. The summed E-state index contributed by atoms with van der Waals surface area (Å²) >= 11 is 0.